The molecule has 3 aromatic rings. The van der Waals surface area contributed by atoms with E-state index in [-0.39, 0.29) is 30.1 Å². The Kier molecular flexibility index (Phi) is 9.18. The molecule has 2 amide bonds. The molecule has 7 nitrogen and oxygen atoms in total. The fraction of sp³-hybridized carbons (Fsp3) is 0.250. The summed E-state index contributed by atoms with van der Waals surface area (Å²) < 4.78 is 5.13. The molecule has 0 atom stereocenters. The van der Waals surface area contributed by atoms with Gasteiger partial charge < -0.3 is 20.5 Å². The Bertz CT molecular complexity index is 1300. The summed E-state index contributed by atoms with van der Waals surface area (Å²) in [5, 5.41) is 15.0. The number of halogens is 2. The van der Waals surface area contributed by atoms with Gasteiger partial charge >= 0.3 is 5.97 Å². The molecule has 3 aromatic carbocycles. The minimum absolute atomic E-state index is 0.0187. The van der Waals surface area contributed by atoms with Gasteiger partial charge in [0.25, 0.3) is 0 Å². The minimum atomic E-state index is -1.05. The molecule has 0 radical (unpaired) electrons. The van der Waals surface area contributed by atoms with E-state index in [4.69, 9.17) is 33.0 Å². The van der Waals surface area contributed by atoms with Crippen LogP contribution in [-0.4, -0.2) is 29.5 Å². The van der Waals surface area contributed by atoms with Gasteiger partial charge in [-0.15, -0.1) is 0 Å². The summed E-state index contributed by atoms with van der Waals surface area (Å²) >= 11 is 12.7. The number of hydrogen-bond donors (Lipinski definition) is 3. The summed E-state index contributed by atoms with van der Waals surface area (Å²) in [4.78, 5) is 35.4. The van der Waals surface area contributed by atoms with Gasteiger partial charge in [0, 0.05) is 12.8 Å². The lowest BCUT2D eigenvalue weighted by Gasteiger charge is -2.20. The third-order valence-corrected chi connectivity index (χ3v) is 6.11. The molecule has 0 aliphatic rings. The van der Waals surface area contributed by atoms with Gasteiger partial charge in [-0.05, 0) is 58.5 Å². The minimum Gasteiger partial charge on any atom is -0.482 e. The first-order chi connectivity index (χ1) is 17.4. The molecule has 0 aromatic heterocycles. The summed E-state index contributed by atoms with van der Waals surface area (Å²) in [6, 6.07) is 17.6. The van der Waals surface area contributed by atoms with Crippen LogP contribution in [0.5, 0.6) is 5.75 Å². The SMILES string of the molecule is CC(C)(C)c1ccc(NC(=O)CCC(=O)Nc2ccc(-c3ccc(OCC(=O)O)cc3)cc2Cl)c(Cl)c1. The van der Waals surface area contributed by atoms with Gasteiger partial charge in [0.2, 0.25) is 11.8 Å². The van der Waals surface area contributed by atoms with Crippen LogP contribution in [-0.2, 0) is 19.8 Å². The molecular formula is C28H28Cl2N2O5. The first-order valence-electron chi connectivity index (χ1n) is 11.6. The van der Waals surface area contributed by atoms with Gasteiger partial charge in [-0.2, -0.15) is 0 Å². The van der Waals surface area contributed by atoms with Crippen molar-refractivity contribution >= 4 is 52.4 Å². The predicted molar refractivity (Wildman–Crippen MR) is 147 cm³/mol. The summed E-state index contributed by atoms with van der Waals surface area (Å²) in [5.74, 6) is -1.28. The van der Waals surface area contributed by atoms with Crippen LogP contribution < -0.4 is 15.4 Å². The molecule has 0 bridgehead atoms. The Hall–Kier alpha value is -3.55. The lowest BCUT2D eigenvalue weighted by Crippen LogP contribution is -2.18. The summed E-state index contributed by atoms with van der Waals surface area (Å²) in [7, 11) is 0. The molecule has 37 heavy (non-hydrogen) atoms. The normalized spacial score (nSPS) is 11.1. The third kappa shape index (κ3) is 8.23. The molecule has 0 saturated carbocycles. The Morgan fingerprint density at radius 3 is 1.78 bits per heavy atom. The molecule has 0 heterocycles. The van der Waals surface area contributed by atoms with E-state index in [9.17, 15) is 14.4 Å². The van der Waals surface area contributed by atoms with Crippen molar-refractivity contribution in [2.45, 2.75) is 39.0 Å². The van der Waals surface area contributed by atoms with Crippen LogP contribution in [0.4, 0.5) is 11.4 Å². The lowest BCUT2D eigenvalue weighted by atomic mass is 9.87. The number of carboxylic acids is 1. The van der Waals surface area contributed by atoms with Crippen molar-refractivity contribution in [3.8, 4) is 16.9 Å². The van der Waals surface area contributed by atoms with Crippen molar-refractivity contribution in [3.05, 3.63) is 76.3 Å². The first kappa shape index (κ1) is 28.0. The van der Waals surface area contributed by atoms with E-state index >= 15 is 0 Å². The summed E-state index contributed by atoms with van der Waals surface area (Å²) in [6.45, 7) is 5.82. The van der Waals surface area contributed by atoms with Crippen LogP contribution in [0.3, 0.4) is 0 Å². The highest BCUT2D eigenvalue weighted by Crippen LogP contribution is 2.31. The van der Waals surface area contributed by atoms with E-state index in [1.165, 1.54) is 0 Å². The van der Waals surface area contributed by atoms with E-state index in [0.29, 0.717) is 27.2 Å². The number of benzene rings is 3. The Labute approximate surface area is 225 Å². The summed E-state index contributed by atoms with van der Waals surface area (Å²) in [6.07, 6.45) is -0.0470. The zero-order valence-electron chi connectivity index (χ0n) is 20.7. The smallest absolute Gasteiger partial charge is 0.341 e. The highest BCUT2D eigenvalue weighted by atomic mass is 35.5. The van der Waals surface area contributed by atoms with Crippen LogP contribution in [0.1, 0.15) is 39.2 Å². The molecule has 0 saturated heterocycles. The second kappa shape index (κ2) is 12.1. The molecule has 3 rings (SSSR count). The van der Waals surface area contributed by atoms with Crippen LogP contribution in [0, 0.1) is 0 Å². The monoisotopic (exact) mass is 542 g/mol. The summed E-state index contributed by atoms with van der Waals surface area (Å²) in [5.41, 5.74) is 3.57. The van der Waals surface area contributed by atoms with Crippen molar-refractivity contribution in [2.75, 3.05) is 17.2 Å². The van der Waals surface area contributed by atoms with E-state index in [1.807, 2.05) is 12.1 Å². The Balaban J connectivity index is 1.53. The fourth-order valence-corrected chi connectivity index (χ4v) is 3.88. The van der Waals surface area contributed by atoms with Crippen molar-refractivity contribution < 1.29 is 24.2 Å². The maximum Gasteiger partial charge on any atom is 0.341 e. The van der Waals surface area contributed by atoms with Crippen molar-refractivity contribution in [2.24, 2.45) is 0 Å². The molecule has 0 spiro atoms. The number of rotatable bonds is 9. The number of carboxylic acid groups (broad SMARTS) is 1. The van der Waals surface area contributed by atoms with Crippen LogP contribution >= 0.6 is 23.2 Å². The molecular weight excluding hydrogens is 515 g/mol. The quantitative estimate of drug-likeness (QED) is 0.276. The van der Waals surface area contributed by atoms with Gasteiger partial charge in [0.05, 0.1) is 21.4 Å². The average Bonchev–Trinajstić information content (AvgIpc) is 2.83. The predicted octanol–water partition coefficient (Wildman–Crippen LogP) is 6.78. The van der Waals surface area contributed by atoms with E-state index < -0.39 is 12.6 Å². The fourth-order valence-electron chi connectivity index (χ4n) is 3.42. The van der Waals surface area contributed by atoms with Gasteiger partial charge in [-0.25, -0.2) is 4.79 Å². The molecule has 194 valence electrons. The zero-order chi connectivity index (χ0) is 27.2. The standard InChI is InChI=1S/C28H28Cl2N2O5/c1-28(2,3)19-7-11-24(22(30)15-19)32-26(34)13-12-25(33)31-23-10-6-18(14-21(23)29)17-4-8-20(9-5-17)37-16-27(35)36/h4-11,14-15H,12-13,16H2,1-3H3,(H,31,33)(H,32,34)(H,35,36). The largest absolute Gasteiger partial charge is 0.482 e. The van der Waals surface area contributed by atoms with Gasteiger partial charge in [0.1, 0.15) is 5.75 Å². The maximum absolute atomic E-state index is 12.4. The molecule has 0 aliphatic heterocycles. The molecule has 9 heteroatoms. The second-order valence-corrected chi connectivity index (χ2v) is 10.3. The van der Waals surface area contributed by atoms with Gasteiger partial charge in [-0.3, -0.25) is 9.59 Å². The van der Waals surface area contributed by atoms with Crippen molar-refractivity contribution in [1.82, 2.24) is 0 Å². The lowest BCUT2D eigenvalue weighted by molar-refractivity contribution is -0.139. The number of carbonyl (C=O) groups is 3. The maximum atomic E-state index is 12.4. The topological polar surface area (TPSA) is 105 Å². The number of amides is 2. The molecule has 0 fully saturated rings. The second-order valence-electron chi connectivity index (χ2n) is 9.44. The molecule has 0 unspecified atom stereocenters. The van der Waals surface area contributed by atoms with E-state index in [2.05, 4.69) is 31.4 Å². The third-order valence-electron chi connectivity index (χ3n) is 5.48. The highest BCUT2D eigenvalue weighted by molar-refractivity contribution is 6.34. The van der Waals surface area contributed by atoms with Crippen molar-refractivity contribution in [1.29, 1.82) is 0 Å². The Morgan fingerprint density at radius 1 is 0.784 bits per heavy atom. The van der Waals surface area contributed by atoms with Crippen LogP contribution in [0.15, 0.2) is 60.7 Å². The molecule has 3 N–H and O–H groups in total. The zero-order valence-corrected chi connectivity index (χ0v) is 22.2. The highest BCUT2D eigenvalue weighted by Gasteiger charge is 2.16. The van der Waals surface area contributed by atoms with E-state index in [0.717, 1.165) is 16.7 Å². The number of nitrogens with one attached hydrogen (secondary N) is 2. The van der Waals surface area contributed by atoms with Crippen molar-refractivity contribution in [3.63, 3.8) is 0 Å². The van der Waals surface area contributed by atoms with Gasteiger partial charge in [-0.1, -0.05) is 68.2 Å². The Morgan fingerprint density at radius 2 is 1.30 bits per heavy atom. The average molecular weight is 543 g/mol. The molecule has 0 aliphatic carbocycles. The number of aliphatic carboxylic acids is 1. The van der Waals surface area contributed by atoms with E-state index in [1.54, 1.807) is 48.5 Å². The number of hydrogen-bond acceptors (Lipinski definition) is 4. The van der Waals surface area contributed by atoms with Crippen LogP contribution in [0.2, 0.25) is 10.0 Å². The number of carbonyl (C=O) groups excluding carboxylic acids is 2. The first-order valence-corrected chi connectivity index (χ1v) is 12.3. The number of anilines is 2. The number of ether oxygens (including phenoxy) is 1. The van der Waals surface area contributed by atoms with Gasteiger partial charge in [0.15, 0.2) is 6.61 Å². The van der Waals surface area contributed by atoms with Crippen LogP contribution in [0.25, 0.3) is 11.1 Å².